The van der Waals surface area contributed by atoms with E-state index in [1.165, 1.54) is 41.7 Å². The van der Waals surface area contributed by atoms with Gasteiger partial charge in [-0.2, -0.15) is 0 Å². The molecule has 0 unspecified atom stereocenters. The molecule has 1 aromatic heterocycles. The first-order valence-corrected chi connectivity index (χ1v) is 13.2. The van der Waals surface area contributed by atoms with Gasteiger partial charge in [0.2, 0.25) is 5.91 Å². The highest BCUT2D eigenvalue weighted by atomic mass is 35.5. The van der Waals surface area contributed by atoms with Crippen molar-refractivity contribution in [2.24, 2.45) is 0 Å². The lowest BCUT2D eigenvalue weighted by atomic mass is 10.2. The van der Waals surface area contributed by atoms with E-state index in [4.69, 9.17) is 23.2 Å². The van der Waals surface area contributed by atoms with Crippen LogP contribution in [0.1, 0.15) is 18.7 Å². The topological polar surface area (TPSA) is 78.5 Å². The van der Waals surface area contributed by atoms with Crippen LogP contribution in [-0.2, 0) is 14.8 Å². The molecule has 1 heterocycles. The largest absolute Gasteiger partial charge is 0.370 e. The van der Waals surface area contributed by atoms with Gasteiger partial charge in [0.1, 0.15) is 0 Å². The first kappa shape index (κ1) is 25.1. The average molecular weight is 524 g/mol. The van der Waals surface area contributed by atoms with Gasteiger partial charge in [-0.25, -0.2) is 8.42 Å². The minimum atomic E-state index is -3.99. The van der Waals surface area contributed by atoms with E-state index >= 15 is 0 Å². The van der Waals surface area contributed by atoms with Gasteiger partial charge in [-0.1, -0.05) is 29.3 Å². The van der Waals surface area contributed by atoms with Crippen LogP contribution in [0.5, 0.6) is 0 Å². The average Bonchev–Trinajstić information content (AvgIpc) is 3.30. The lowest BCUT2D eigenvalue weighted by Crippen LogP contribution is -2.24. The number of carbonyl (C=O) groups excluding carboxylic acids is 1. The molecule has 0 aliphatic heterocycles. The van der Waals surface area contributed by atoms with Gasteiger partial charge in [0, 0.05) is 29.1 Å². The van der Waals surface area contributed by atoms with E-state index in [0.29, 0.717) is 23.8 Å². The van der Waals surface area contributed by atoms with Crippen molar-refractivity contribution in [3.8, 4) is 0 Å². The Bertz CT molecular complexity index is 1260. The summed E-state index contributed by atoms with van der Waals surface area (Å²) in [6, 6.07) is 12.9. The van der Waals surface area contributed by atoms with E-state index in [-0.39, 0.29) is 21.5 Å². The minimum Gasteiger partial charge on any atom is -0.370 e. The lowest BCUT2D eigenvalue weighted by molar-refractivity contribution is -0.111. The van der Waals surface area contributed by atoms with Crippen LogP contribution in [0.2, 0.25) is 10.0 Å². The maximum absolute atomic E-state index is 13.1. The summed E-state index contributed by atoms with van der Waals surface area (Å²) in [5.74, 6) is -0.364. The second kappa shape index (κ2) is 11.1. The highest BCUT2D eigenvalue weighted by molar-refractivity contribution is 7.92. The van der Waals surface area contributed by atoms with E-state index in [2.05, 4.69) is 10.0 Å². The SMILES string of the molecule is CCN(CC)c1ccc(S(=O)(=O)Nc2cc(Cl)ccc2Cl)cc1NC(=O)/C=C/c1cccs1. The molecule has 1 amide bonds. The summed E-state index contributed by atoms with van der Waals surface area (Å²) in [6.45, 7) is 5.35. The molecule has 0 radical (unpaired) electrons. The van der Waals surface area contributed by atoms with Crippen molar-refractivity contribution >= 4 is 73.6 Å². The minimum absolute atomic E-state index is 0.0213. The Hall–Kier alpha value is -2.52. The second-order valence-electron chi connectivity index (χ2n) is 6.92. The third-order valence-corrected chi connectivity index (χ3v) is 7.52. The molecule has 3 aromatic rings. The molecule has 33 heavy (non-hydrogen) atoms. The Kier molecular flexibility index (Phi) is 8.42. The standard InChI is InChI=1S/C23H23Cl2N3O3S2/c1-3-28(4-2)22-11-9-18(33(30,31)27-20-14-16(24)7-10-19(20)25)15-21(22)26-23(29)12-8-17-6-5-13-32-17/h5-15,27H,3-4H2,1-2H3,(H,26,29)/b12-8+. The molecule has 0 saturated heterocycles. The number of hydrogen-bond donors (Lipinski definition) is 2. The van der Waals surface area contributed by atoms with Crippen LogP contribution >= 0.6 is 34.5 Å². The number of halogens is 2. The van der Waals surface area contributed by atoms with Gasteiger partial charge < -0.3 is 10.2 Å². The van der Waals surface area contributed by atoms with Crippen LogP contribution in [0, 0.1) is 0 Å². The summed E-state index contributed by atoms with van der Waals surface area (Å²) in [5, 5.41) is 5.30. The Balaban J connectivity index is 1.94. The Morgan fingerprint density at radius 1 is 1.06 bits per heavy atom. The van der Waals surface area contributed by atoms with E-state index in [1.54, 1.807) is 18.2 Å². The van der Waals surface area contributed by atoms with Crippen LogP contribution in [0.3, 0.4) is 0 Å². The van der Waals surface area contributed by atoms with Crippen LogP contribution in [0.15, 0.2) is 64.9 Å². The third kappa shape index (κ3) is 6.51. The van der Waals surface area contributed by atoms with Gasteiger partial charge in [-0.3, -0.25) is 9.52 Å². The Morgan fingerprint density at radius 2 is 1.82 bits per heavy atom. The summed E-state index contributed by atoms with van der Waals surface area (Å²) in [4.78, 5) is 15.5. The summed E-state index contributed by atoms with van der Waals surface area (Å²) in [5.41, 5.74) is 1.28. The number of amides is 1. The number of nitrogens with zero attached hydrogens (tertiary/aromatic N) is 1. The predicted octanol–water partition coefficient (Wildman–Crippen LogP) is 6.35. The molecule has 3 rings (SSSR count). The number of thiophene rings is 1. The molecular formula is C23H23Cl2N3O3S2. The fourth-order valence-corrected chi connectivity index (χ4v) is 5.23. The van der Waals surface area contributed by atoms with Crippen molar-refractivity contribution in [3.05, 3.63) is 74.9 Å². The monoisotopic (exact) mass is 523 g/mol. The molecule has 0 atom stereocenters. The van der Waals surface area contributed by atoms with Crippen LogP contribution in [0.25, 0.3) is 6.08 Å². The van der Waals surface area contributed by atoms with Crippen molar-refractivity contribution < 1.29 is 13.2 Å². The third-order valence-electron chi connectivity index (χ3n) is 4.76. The van der Waals surface area contributed by atoms with Crippen molar-refractivity contribution in [1.82, 2.24) is 0 Å². The summed E-state index contributed by atoms with van der Waals surface area (Å²) >= 11 is 13.6. The maximum Gasteiger partial charge on any atom is 0.262 e. The maximum atomic E-state index is 13.1. The zero-order chi connectivity index (χ0) is 24.0. The fourth-order valence-electron chi connectivity index (χ4n) is 3.12. The summed E-state index contributed by atoms with van der Waals surface area (Å²) < 4.78 is 28.6. The number of anilines is 3. The number of benzene rings is 2. The molecule has 2 aromatic carbocycles. The highest BCUT2D eigenvalue weighted by Gasteiger charge is 2.20. The lowest BCUT2D eigenvalue weighted by Gasteiger charge is -2.24. The zero-order valence-electron chi connectivity index (χ0n) is 18.0. The van der Waals surface area contributed by atoms with Gasteiger partial charge >= 0.3 is 0 Å². The molecule has 174 valence electrons. The van der Waals surface area contributed by atoms with Crippen LogP contribution in [-0.4, -0.2) is 27.4 Å². The first-order chi connectivity index (χ1) is 15.7. The quantitative estimate of drug-likeness (QED) is 0.320. The number of rotatable bonds is 9. The molecule has 0 saturated carbocycles. The second-order valence-corrected chi connectivity index (χ2v) is 10.4. The summed E-state index contributed by atoms with van der Waals surface area (Å²) in [7, 11) is -3.99. The number of nitrogens with one attached hydrogen (secondary N) is 2. The van der Waals surface area contributed by atoms with Crippen LogP contribution < -0.4 is 14.9 Å². The van der Waals surface area contributed by atoms with E-state index in [0.717, 1.165) is 10.6 Å². The molecule has 2 N–H and O–H groups in total. The van der Waals surface area contributed by atoms with Gasteiger partial charge in [-0.05, 0) is 67.8 Å². The Labute approximate surface area is 207 Å². The molecule has 0 bridgehead atoms. The highest BCUT2D eigenvalue weighted by Crippen LogP contribution is 2.32. The molecule has 0 aliphatic carbocycles. The van der Waals surface area contributed by atoms with E-state index in [9.17, 15) is 13.2 Å². The van der Waals surface area contributed by atoms with Gasteiger partial charge in [0.25, 0.3) is 10.0 Å². The zero-order valence-corrected chi connectivity index (χ0v) is 21.2. The van der Waals surface area contributed by atoms with Crippen molar-refractivity contribution in [2.75, 3.05) is 28.0 Å². The van der Waals surface area contributed by atoms with E-state index < -0.39 is 10.0 Å². The predicted molar refractivity (Wildman–Crippen MR) is 139 cm³/mol. The smallest absolute Gasteiger partial charge is 0.262 e. The number of carbonyl (C=O) groups is 1. The fraction of sp³-hybridized carbons (Fsp3) is 0.174. The Morgan fingerprint density at radius 3 is 2.48 bits per heavy atom. The van der Waals surface area contributed by atoms with Crippen LogP contribution in [0.4, 0.5) is 17.1 Å². The molecule has 0 spiro atoms. The normalized spacial score (nSPS) is 11.5. The van der Waals surface area contributed by atoms with Crippen molar-refractivity contribution in [2.45, 2.75) is 18.7 Å². The number of sulfonamides is 1. The first-order valence-electron chi connectivity index (χ1n) is 10.1. The molecule has 10 heteroatoms. The van der Waals surface area contributed by atoms with Crippen molar-refractivity contribution in [3.63, 3.8) is 0 Å². The van der Waals surface area contributed by atoms with Gasteiger partial charge in [0.15, 0.2) is 0 Å². The van der Waals surface area contributed by atoms with Gasteiger partial charge in [0.05, 0.1) is 27.0 Å². The molecular weight excluding hydrogens is 501 g/mol. The number of hydrogen-bond acceptors (Lipinski definition) is 5. The molecule has 0 fully saturated rings. The van der Waals surface area contributed by atoms with E-state index in [1.807, 2.05) is 36.3 Å². The van der Waals surface area contributed by atoms with Crippen molar-refractivity contribution in [1.29, 1.82) is 0 Å². The van der Waals surface area contributed by atoms with Gasteiger partial charge in [-0.15, -0.1) is 11.3 Å². The molecule has 0 aliphatic rings. The molecule has 6 nitrogen and oxygen atoms in total. The summed E-state index contributed by atoms with van der Waals surface area (Å²) in [6.07, 6.45) is 3.13.